The van der Waals surface area contributed by atoms with E-state index in [0.29, 0.717) is 13.0 Å². The quantitative estimate of drug-likeness (QED) is 0.832. The molecule has 0 aliphatic carbocycles. The lowest BCUT2D eigenvalue weighted by atomic mass is 10.0. The Kier molecular flexibility index (Phi) is 5.76. The number of carboxylic acid groups (broad SMARTS) is 1. The highest BCUT2D eigenvalue weighted by Crippen LogP contribution is 2.21. The van der Waals surface area contributed by atoms with E-state index in [9.17, 15) is 14.7 Å². The predicted octanol–water partition coefficient (Wildman–Crippen LogP) is 1.50. The maximum atomic E-state index is 12.4. The molecule has 1 atom stereocenters. The van der Waals surface area contributed by atoms with Gasteiger partial charge in [-0.2, -0.15) is 0 Å². The largest absolute Gasteiger partial charge is 0.496 e. The summed E-state index contributed by atoms with van der Waals surface area (Å²) in [5.41, 5.74) is 1.82. The highest BCUT2D eigenvalue weighted by Gasteiger charge is 2.31. The summed E-state index contributed by atoms with van der Waals surface area (Å²) in [6, 6.07) is 6.68. The summed E-state index contributed by atoms with van der Waals surface area (Å²) < 4.78 is 10.4. The Hall–Kier alpha value is -2.34. The lowest BCUT2D eigenvalue weighted by Crippen LogP contribution is -2.52. The summed E-state index contributed by atoms with van der Waals surface area (Å²) in [6.45, 7) is 2.52. The van der Waals surface area contributed by atoms with E-state index in [1.165, 1.54) is 11.0 Å². The number of hydrogen-bond donors (Lipinski definition) is 1. The summed E-state index contributed by atoms with van der Waals surface area (Å²) in [5, 5.41) is 9.18. The first-order chi connectivity index (χ1) is 11.0. The van der Waals surface area contributed by atoms with Crippen LogP contribution >= 0.6 is 0 Å². The van der Waals surface area contributed by atoms with Crippen LogP contribution in [0.2, 0.25) is 0 Å². The van der Waals surface area contributed by atoms with Gasteiger partial charge in [0.1, 0.15) is 5.75 Å². The van der Waals surface area contributed by atoms with Crippen LogP contribution in [0.25, 0.3) is 0 Å². The number of allylic oxidation sites excluding steroid dienone is 1. The minimum Gasteiger partial charge on any atom is -0.496 e. The second-order valence-corrected chi connectivity index (χ2v) is 5.44. The number of benzene rings is 1. The molecule has 1 amide bonds. The van der Waals surface area contributed by atoms with Crippen molar-refractivity contribution in [2.45, 2.75) is 19.4 Å². The zero-order chi connectivity index (χ0) is 16.8. The normalized spacial score (nSPS) is 18.6. The van der Waals surface area contributed by atoms with E-state index in [1.54, 1.807) is 7.11 Å². The van der Waals surface area contributed by atoms with Gasteiger partial charge in [-0.05, 0) is 25.0 Å². The lowest BCUT2D eigenvalue weighted by Gasteiger charge is -2.32. The van der Waals surface area contributed by atoms with E-state index in [-0.39, 0.29) is 19.1 Å². The summed E-state index contributed by atoms with van der Waals surface area (Å²) in [5.74, 6) is -0.579. The fourth-order valence-electron chi connectivity index (χ4n) is 2.57. The topological polar surface area (TPSA) is 76.1 Å². The van der Waals surface area contributed by atoms with Crippen LogP contribution in [0.5, 0.6) is 5.75 Å². The van der Waals surface area contributed by atoms with Crippen LogP contribution in [0.1, 0.15) is 12.5 Å². The number of rotatable bonds is 5. The molecule has 1 heterocycles. The Balaban J connectivity index is 2.10. The molecule has 6 heteroatoms. The minimum atomic E-state index is -1.05. The molecule has 1 aromatic carbocycles. The molecule has 2 rings (SSSR count). The zero-order valence-electron chi connectivity index (χ0n) is 13.3. The molecule has 0 aromatic heterocycles. The Labute approximate surface area is 135 Å². The molecule has 124 valence electrons. The monoisotopic (exact) mass is 319 g/mol. The summed E-state index contributed by atoms with van der Waals surface area (Å²) in [4.78, 5) is 24.9. The van der Waals surface area contributed by atoms with Gasteiger partial charge in [0.05, 0.1) is 20.3 Å². The fourth-order valence-corrected chi connectivity index (χ4v) is 2.57. The molecule has 23 heavy (non-hydrogen) atoms. The number of amides is 1. The average Bonchev–Trinajstić information content (AvgIpc) is 2.55. The van der Waals surface area contributed by atoms with Crippen molar-refractivity contribution in [1.29, 1.82) is 0 Å². The van der Waals surface area contributed by atoms with Gasteiger partial charge in [-0.1, -0.05) is 23.8 Å². The Morgan fingerprint density at radius 2 is 2.17 bits per heavy atom. The van der Waals surface area contributed by atoms with Gasteiger partial charge in [0, 0.05) is 12.6 Å². The molecule has 1 N–H and O–H groups in total. The molecule has 1 saturated heterocycles. The molecule has 1 aromatic rings. The molecule has 0 bridgehead atoms. The highest BCUT2D eigenvalue weighted by atomic mass is 16.5. The van der Waals surface area contributed by atoms with Crippen molar-refractivity contribution < 1.29 is 24.2 Å². The number of para-hydroxylation sites is 1. The average molecular weight is 319 g/mol. The third kappa shape index (κ3) is 4.32. The Morgan fingerprint density at radius 1 is 1.43 bits per heavy atom. The number of carbonyl (C=O) groups excluding carboxylic acids is 1. The number of nitrogens with zero attached hydrogens (tertiary/aromatic N) is 1. The second kappa shape index (κ2) is 7.78. The maximum Gasteiger partial charge on any atom is 0.328 e. The molecule has 1 aliphatic rings. The van der Waals surface area contributed by atoms with Crippen molar-refractivity contribution in [2.75, 3.05) is 26.9 Å². The first-order valence-corrected chi connectivity index (χ1v) is 7.43. The van der Waals surface area contributed by atoms with Gasteiger partial charge >= 0.3 is 5.97 Å². The number of methoxy groups -OCH3 is 1. The number of carboxylic acids is 1. The van der Waals surface area contributed by atoms with Crippen LogP contribution in [-0.2, 0) is 20.7 Å². The van der Waals surface area contributed by atoms with E-state index in [4.69, 9.17) is 9.47 Å². The van der Waals surface area contributed by atoms with Crippen molar-refractivity contribution in [3.63, 3.8) is 0 Å². The Morgan fingerprint density at radius 3 is 2.87 bits per heavy atom. The molecule has 6 nitrogen and oxygen atoms in total. The second-order valence-electron chi connectivity index (χ2n) is 5.44. The van der Waals surface area contributed by atoms with Crippen molar-refractivity contribution in [3.05, 3.63) is 41.5 Å². The van der Waals surface area contributed by atoms with Crippen LogP contribution in [0.4, 0.5) is 0 Å². The van der Waals surface area contributed by atoms with Gasteiger partial charge in [0.15, 0.2) is 6.04 Å². The van der Waals surface area contributed by atoms with Crippen LogP contribution in [0, 0.1) is 0 Å². The molecule has 0 saturated carbocycles. The van der Waals surface area contributed by atoms with Gasteiger partial charge in [-0.3, -0.25) is 4.79 Å². The van der Waals surface area contributed by atoms with Crippen molar-refractivity contribution >= 4 is 11.9 Å². The first kappa shape index (κ1) is 17.0. The molecule has 0 radical (unpaired) electrons. The Bertz CT molecular complexity index is 611. The van der Waals surface area contributed by atoms with E-state index in [2.05, 4.69) is 0 Å². The van der Waals surface area contributed by atoms with E-state index < -0.39 is 12.0 Å². The van der Waals surface area contributed by atoms with Crippen molar-refractivity contribution in [2.24, 2.45) is 0 Å². The maximum absolute atomic E-state index is 12.4. The summed E-state index contributed by atoms with van der Waals surface area (Å²) in [6.07, 6.45) is 2.06. The first-order valence-electron chi connectivity index (χ1n) is 7.43. The number of ether oxygens (including phenoxy) is 2. The SMILES string of the molecule is COc1ccccc1C/C(C)=C/C(=O)N1CCOCC1C(=O)O. The molecule has 1 aliphatic heterocycles. The van der Waals surface area contributed by atoms with Gasteiger partial charge in [0.25, 0.3) is 0 Å². The fraction of sp³-hybridized carbons (Fsp3) is 0.412. The van der Waals surface area contributed by atoms with E-state index in [0.717, 1.165) is 16.9 Å². The zero-order valence-corrected chi connectivity index (χ0v) is 13.3. The number of aliphatic carboxylic acids is 1. The minimum absolute atomic E-state index is 0.0282. The van der Waals surface area contributed by atoms with Gasteiger partial charge < -0.3 is 19.5 Å². The van der Waals surface area contributed by atoms with Crippen LogP contribution in [0.3, 0.4) is 0 Å². The van der Waals surface area contributed by atoms with Crippen molar-refractivity contribution in [3.8, 4) is 5.75 Å². The van der Waals surface area contributed by atoms with Gasteiger partial charge in [0.2, 0.25) is 5.91 Å². The standard InChI is InChI=1S/C17H21NO5/c1-12(9-13-5-3-4-6-15(13)22-2)10-16(19)18-7-8-23-11-14(18)17(20)21/h3-6,10,14H,7-9,11H2,1-2H3,(H,20,21)/b12-10+. The van der Waals surface area contributed by atoms with Gasteiger partial charge in [-0.15, -0.1) is 0 Å². The van der Waals surface area contributed by atoms with Crippen molar-refractivity contribution in [1.82, 2.24) is 4.90 Å². The van der Waals surface area contributed by atoms with Gasteiger partial charge in [-0.25, -0.2) is 4.79 Å². The highest BCUT2D eigenvalue weighted by molar-refractivity contribution is 5.92. The van der Waals surface area contributed by atoms with E-state index >= 15 is 0 Å². The van der Waals surface area contributed by atoms with Crippen LogP contribution in [0.15, 0.2) is 35.9 Å². The summed E-state index contributed by atoms with van der Waals surface area (Å²) >= 11 is 0. The number of carbonyl (C=O) groups is 2. The molecular weight excluding hydrogens is 298 g/mol. The van der Waals surface area contributed by atoms with Crippen LogP contribution < -0.4 is 4.74 Å². The number of morpholine rings is 1. The summed E-state index contributed by atoms with van der Waals surface area (Å²) in [7, 11) is 1.61. The number of hydrogen-bond acceptors (Lipinski definition) is 4. The molecular formula is C17H21NO5. The molecule has 1 fully saturated rings. The lowest BCUT2D eigenvalue weighted by molar-refractivity contribution is -0.156. The third-order valence-electron chi connectivity index (χ3n) is 3.73. The molecule has 1 unspecified atom stereocenters. The smallest absolute Gasteiger partial charge is 0.328 e. The van der Waals surface area contributed by atoms with E-state index in [1.807, 2.05) is 31.2 Å². The third-order valence-corrected chi connectivity index (χ3v) is 3.73. The predicted molar refractivity (Wildman–Crippen MR) is 84.4 cm³/mol. The molecule has 0 spiro atoms. The van der Waals surface area contributed by atoms with Crippen LogP contribution in [-0.4, -0.2) is 54.8 Å².